The van der Waals surface area contributed by atoms with E-state index in [1.165, 1.54) is 5.56 Å². The van der Waals surface area contributed by atoms with Crippen molar-refractivity contribution >= 4 is 21.7 Å². The lowest BCUT2D eigenvalue weighted by Gasteiger charge is -2.13. The number of aryl methyl sites for hydroxylation is 2. The first-order valence-corrected chi connectivity index (χ1v) is 4.62. The Hall–Kier alpha value is -0.570. The summed E-state index contributed by atoms with van der Waals surface area (Å²) in [5, 5.41) is 0. The van der Waals surface area contributed by atoms with E-state index in [2.05, 4.69) is 33.9 Å². The van der Waals surface area contributed by atoms with E-state index in [0.717, 1.165) is 16.0 Å². The predicted molar refractivity (Wildman–Crippen MR) is 55.7 cm³/mol. The van der Waals surface area contributed by atoms with E-state index in [-0.39, 0.29) is 0 Å². The molecule has 0 saturated carbocycles. The summed E-state index contributed by atoms with van der Waals surface area (Å²) in [6.45, 7) is 4.08. The van der Waals surface area contributed by atoms with Gasteiger partial charge in [0.25, 0.3) is 0 Å². The molecule has 0 fully saturated rings. The lowest BCUT2D eigenvalue weighted by atomic mass is 10.2. The van der Waals surface area contributed by atoms with Gasteiger partial charge in [-0.2, -0.15) is 0 Å². The maximum atomic E-state index is 4.41. The van der Waals surface area contributed by atoms with Crippen molar-refractivity contribution in [2.24, 2.45) is 0 Å². The molecule has 0 aromatic carbocycles. The Morgan fingerprint density at radius 1 is 1.33 bits per heavy atom. The molecule has 1 aromatic heterocycles. The van der Waals surface area contributed by atoms with Crippen molar-refractivity contribution in [2.45, 2.75) is 13.8 Å². The first kappa shape index (κ1) is 9.52. The lowest BCUT2D eigenvalue weighted by Crippen LogP contribution is -2.11. The van der Waals surface area contributed by atoms with Gasteiger partial charge in [0.15, 0.2) is 0 Å². The van der Waals surface area contributed by atoms with Crippen LogP contribution in [0.25, 0.3) is 0 Å². The summed E-state index contributed by atoms with van der Waals surface area (Å²) >= 11 is 3.48. The fourth-order valence-electron chi connectivity index (χ4n) is 1.02. The molecule has 2 nitrogen and oxygen atoms in total. The molecule has 12 heavy (non-hydrogen) atoms. The van der Waals surface area contributed by atoms with Gasteiger partial charge in [0.05, 0.1) is 5.69 Å². The SMILES string of the molecule is Cc1cc(N(C)C)nc(C)c1Br. The standard InChI is InChI=1S/C9H13BrN2/c1-6-5-8(12(3)4)11-7(2)9(6)10/h5H,1-4H3. The Bertz CT molecular complexity index is 272. The van der Waals surface area contributed by atoms with Gasteiger partial charge in [-0.05, 0) is 41.4 Å². The number of anilines is 1. The summed E-state index contributed by atoms with van der Waals surface area (Å²) in [7, 11) is 3.99. The van der Waals surface area contributed by atoms with Crippen LogP contribution in [-0.2, 0) is 0 Å². The normalized spacial score (nSPS) is 10.1. The van der Waals surface area contributed by atoms with E-state index in [1.807, 2.05) is 25.9 Å². The monoisotopic (exact) mass is 228 g/mol. The molecule has 0 amide bonds. The third kappa shape index (κ3) is 1.78. The van der Waals surface area contributed by atoms with Gasteiger partial charge in [-0.1, -0.05) is 0 Å². The molecule has 66 valence electrons. The van der Waals surface area contributed by atoms with Crippen molar-refractivity contribution in [3.8, 4) is 0 Å². The van der Waals surface area contributed by atoms with Crippen LogP contribution in [0.1, 0.15) is 11.3 Å². The molecule has 0 radical (unpaired) electrons. The van der Waals surface area contributed by atoms with E-state index in [0.29, 0.717) is 0 Å². The highest BCUT2D eigenvalue weighted by Crippen LogP contribution is 2.22. The maximum Gasteiger partial charge on any atom is 0.128 e. The molecule has 0 unspecified atom stereocenters. The molecular weight excluding hydrogens is 216 g/mol. The predicted octanol–water partition coefficient (Wildman–Crippen LogP) is 2.53. The van der Waals surface area contributed by atoms with Crippen molar-refractivity contribution in [3.05, 3.63) is 21.8 Å². The first-order valence-electron chi connectivity index (χ1n) is 3.83. The second-order valence-corrected chi connectivity index (χ2v) is 3.88. The minimum atomic E-state index is 1.01. The summed E-state index contributed by atoms with van der Waals surface area (Å²) in [4.78, 5) is 6.42. The smallest absolute Gasteiger partial charge is 0.128 e. The summed E-state index contributed by atoms with van der Waals surface area (Å²) in [5.74, 6) is 1.01. The molecule has 1 aromatic rings. The molecule has 3 heteroatoms. The van der Waals surface area contributed by atoms with Crippen molar-refractivity contribution in [1.82, 2.24) is 4.98 Å². The van der Waals surface area contributed by atoms with E-state index >= 15 is 0 Å². The number of rotatable bonds is 1. The molecule has 0 saturated heterocycles. The average Bonchev–Trinajstić information content (AvgIpc) is 1.99. The zero-order valence-corrected chi connectivity index (χ0v) is 9.44. The van der Waals surface area contributed by atoms with Crippen molar-refractivity contribution in [1.29, 1.82) is 0 Å². The Kier molecular flexibility index (Phi) is 2.73. The number of hydrogen-bond donors (Lipinski definition) is 0. The number of aromatic nitrogens is 1. The van der Waals surface area contributed by atoms with Crippen LogP contribution in [0.3, 0.4) is 0 Å². The molecule has 0 N–H and O–H groups in total. The van der Waals surface area contributed by atoms with Crippen LogP contribution >= 0.6 is 15.9 Å². The van der Waals surface area contributed by atoms with Gasteiger partial charge in [0, 0.05) is 18.6 Å². The number of halogens is 1. The van der Waals surface area contributed by atoms with Crippen LogP contribution < -0.4 is 4.90 Å². The highest BCUT2D eigenvalue weighted by Gasteiger charge is 2.04. The minimum Gasteiger partial charge on any atom is -0.363 e. The van der Waals surface area contributed by atoms with Crippen LogP contribution in [-0.4, -0.2) is 19.1 Å². The molecule has 0 atom stereocenters. The summed E-state index contributed by atoms with van der Waals surface area (Å²) < 4.78 is 1.10. The average molecular weight is 229 g/mol. The Labute approximate surface area is 81.7 Å². The topological polar surface area (TPSA) is 16.1 Å². The largest absolute Gasteiger partial charge is 0.363 e. The Balaban J connectivity index is 3.21. The van der Waals surface area contributed by atoms with E-state index in [1.54, 1.807) is 0 Å². The molecule has 0 aliphatic heterocycles. The van der Waals surface area contributed by atoms with Crippen molar-refractivity contribution < 1.29 is 0 Å². The number of pyridine rings is 1. The summed E-state index contributed by atoms with van der Waals surface area (Å²) in [5.41, 5.74) is 2.27. The highest BCUT2D eigenvalue weighted by atomic mass is 79.9. The third-order valence-corrected chi connectivity index (χ3v) is 2.95. The highest BCUT2D eigenvalue weighted by molar-refractivity contribution is 9.10. The molecule has 1 rings (SSSR count). The van der Waals surface area contributed by atoms with Crippen LogP contribution in [0.2, 0.25) is 0 Å². The molecule has 0 spiro atoms. The minimum absolute atomic E-state index is 1.01. The lowest BCUT2D eigenvalue weighted by molar-refractivity contribution is 1.03. The van der Waals surface area contributed by atoms with Gasteiger partial charge in [0.2, 0.25) is 0 Å². The van der Waals surface area contributed by atoms with Gasteiger partial charge < -0.3 is 4.90 Å². The fraction of sp³-hybridized carbons (Fsp3) is 0.444. The summed E-state index contributed by atoms with van der Waals surface area (Å²) in [6.07, 6.45) is 0. The maximum absolute atomic E-state index is 4.41. The Morgan fingerprint density at radius 3 is 2.33 bits per heavy atom. The second-order valence-electron chi connectivity index (χ2n) is 3.09. The molecule has 1 heterocycles. The number of hydrogen-bond acceptors (Lipinski definition) is 2. The van der Waals surface area contributed by atoms with E-state index < -0.39 is 0 Å². The first-order chi connectivity index (χ1) is 5.52. The van der Waals surface area contributed by atoms with Crippen molar-refractivity contribution in [3.63, 3.8) is 0 Å². The van der Waals surface area contributed by atoms with Gasteiger partial charge >= 0.3 is 0 Å². The van der Waals surface area contributed by atoms with Crippen LogP contribution in [0.5, 0.6) is 0 Å². The number of nitrogens with zero attached hydrogens (tertiary/aromatic N) is 2. The molecule has 0 bridgehead atoms. The van der Waals surface area contributed by atoms with Gasteiger partial charge in [-0.15, -0.1) is 0 Å². The van der Waals surface area contributed by atoms with Crippen LogP contribution in [0, 0.1) is 13.8 Å². The molecule has 0 aliphatic carbocycles. The molecule has 0 aliphatic rings. The molecular formula is C9H13BrN2. The quantitative estimate of drug-likeness (QED) is 0.735. The van der Waals surface area contributed by atoms with Crippen LogP contribution in [0.4, 0.5) is 5.82 Å². The zero-order valence-electron chi connectivity index (χ0n) is 7.85. The van der Waals surface area contributed by atoms with Gasteiger partial charge in [-0.25, -0.2) is 4.98 Å². The van der Waals surface area contributed by atoms with Crippen LogP contribution in [0.15, 0.2) is 10.5 Å². The fourth-order valence-corrected chi connectivity index (χ4v) is 1.23. The third-order valence-electron chi connectivity index (χ3n) is 1.75. The van der Waals surface area contributed by atoms with Gasteiger partial charge in [-0.3, -0.25) is 0 Å². The van der Waals surface area contributed by atoms with E-state index in [9.17, 15) is 0 Å². The second kappa shape index (κ2) is 3.44. The van der Waals surface area contributed by atoms with Crippen molar-refractivity contribution in [2.75, 3.05) is 19.0 Å². The van der Waals surface area contributed by atoms with E-state index in [4.69, 9.17) is 0 Å². The summed E-state index contributed by atoms with van der Waals surface area (Å²) in [6, 6.07) is 2.07. The Morgan fingerprint density at radius 2 is 1.92 bits per heavy atom. The van der Waals surface area contributed by atoms with Gasteiger partial charge in [0.1, 0.15) is 5.82 Å². The zero-order chi connectivity index (χ0) is 9.30.